The maximum atomic E-state index is 13.4. The summed E-state index contributed by atoms with van der Waals surface area (Å²) in [5.74, 6) is -2.05. The van der Waals surface area contributed by atoms with Gasteiger partial charge in [-0.05, 0) is 40.8 Å². The van der Waals surface area contributed by atoms with Gasteiger partial charge in [0.2, 0.25) is 0 Å². The highest BCUT2D eigenvalue weighted by atomic mass is 127. The molecule has 0 radical (unpaired) electrons. The monoisotopic (exact) mass is 364 g/mol. The van der Waals surface area contributed by atoms with Gasteiger partial charge in [0.15, 0.2) is 0 Å². The lowest BCUT2D eigenvalue weighted by molar-refractivity contribution is 0.590. The van der Waals surface area contributed by atoms with Crippen LogP contribution in [-0.2, 0) is 0 Å². The van der Waals surface area contributed by atoms with Crippen molar-refractivity contribution >= 4 is 39.7 Å². The number of nitrogens with two attached hydrogens (primary N) is 1. The summed E-state index contributed by atoms with van der Waals surface area (Å²) in [6.07, 6.45) is 0. The molecule has 0 atom stereocenters. The van der Waals surface area contributed by atoms with E-state index < -0.39 is 17.5 Å². The molecule has 0 heterocycles. The summed E-state index contributed by atoms with van der Waals surface area (Å²) in [6.45, 7) is 0. The van der Waals surface area contributed by atoms with Crippen molar-refractivity contribution in [3.63, 3.8) is 0 Å². The molecular formula is C12H8F3IN2. The van der Waals surface area contributed by atoms with Crippen molar-refractivity contribution in [1.82, 2.24) is 0 Å². The van der Waals surface area contributed by atoms with Crippen LogP contribution in [0.5, 0.6) is 0 Å². The first-order chi connectivity index (χ1) is 8.49. The summed E-state index contributed by atoms with van der Waals surface area (Å²) in [7, 11) is 0. The Morgan fingerprint density at radius 2 is 1.61 bits per heavy atom. The molecule has 2 rings (SSSR count). The summed E-state index contributed by atoms with van der Waals surface area (Å²) in [6, 6.07) is 5.93. The number of anilines is 3. The van der Waals surface area contributed by atoms with Crippen LogP contribution in [0.25, 0.3) is 0 Å². The Kier molecular flexibility index (Phi) is 3.65. The van der Waals surface area contributed by atoms with Crippen molar-refractivity contribution in [3.05, 3.63) is 51.4 Å². The van der Waals surface area contributed by atoms with Gasteiger partial charge in [0, 0.05) is 6.07 Å². The molecule has 0 saturated carbocycles. The molecule has 0 aliphatic rings. The largest absolute Gasteiger partial charge is 0.397 e. The van der Waals surface area contributed by atoms with Gasteiger partial charge in [-0.3, -0.25) is 0 Å². The fraction of sp³-hybridized carbons (Fsp3) is 0. The third-order valence-corrected chi connectivity index (χ3v) is 3.14. The smallest absolute Gasteiger partial charge is 0.149 e. The minimum Gasteiger partial charge on any atom is -0.397 e. The van der Waals surface area contributed by atoms with Crippen molar-refractivity contribution in [1.29, 1.82) is 0 Å². The van der Waals surface area contributed by atoms with Crippen LogP contribution < -0.4 is 11.1 Å². The molecule has 0 aliphatic carbocycles. The third-order valence-electron chi connectivity index (χ3n) is 2.31. The average molecular weight is 364 g/mol. The van der Waals surface area contributed by atoms with Crippen LogP contribution in [0.2, 0.25) is 0 Å². The predicted octanol–water partition coefficient (Wildman–Crippen LogP) is 4.03. The lowest BCUT2D eigenvalue weighted by Crippen LogP contribution is -2.02. The van der Waals surface area contributed by atoms with Crippen LogP contribution in [-0.4, -0.2) is 0 Å². The Morgan fingerprint density at radius 1 is 1.00 bits per heavy atom. The van der Waals surface area contributed by atoms with Gasteiger partial charge in [0.25, 0.3) is 0 Å². The maximum Gasteiger partial charge on any atom is 0.149 e. The van der Waals surface area contributed by atoms with E-state index in [0.717, 1.165) is 18.2 Å². The van der Waals surface area contributed by atoms with Gasteiger partial charge in [-0.2, -0.15) is 0 Å². The SMILES string of the molecule is Nc1cc(I)c(F)cc1Nc1c(F)cccc1F. The second-order valence-electron chi connectivity index (χ2n) is 3.58. The zero-order valence-electron chi connectivity index (χ0n) is 8.98. The quantitative estimate of drug-likeness (QED) is 0.624. The van der Waals surface area contributed by atoms with E-state index in [-0.39, 0.29) is 17.1 Å². The van der Waals surface area contributed by atoms with E-state index in [1.807, 2.05) is 0 Å². The topological polar surface area (TPSA) is 38.0 Å². The minimum atomic E-state index is -0.770. The van der Waals surface area contributed by atoms with Gasteiger partial charge in [-0.25, -0.2) is 13.2 Å². The molecule has 2 aromatic rings. The van der Waals surface area contributed by atoms with Crippen molar-refractivity contribution < 1.29 is 13.2 Å². The van der Waals surface area contributed by atoms with Crippen molar-refractivity contribution in [2.75, 3.05) is 11.1 Å². The molecule has 0 fully saturated rings. The van der Waals surface area contributed by atoms with Crippen LogP contribution >= 0.6 is 22.6 Å². The van der Waals surface area contributed by atoms with E-state index in [9.17, 15) is 13.2 Å². The number of nitrogens with one attached hydrogen (secondary N) is 1. The molecule has 2 aromatic carbocycles. The molecular weight excluding hydrogens is 356 g/mol. The molecule has 18 heavy (non-hydrogen) atoms. The number of hydrogen-bond acceptors (Lipinski definition) is 2. The Bertz CT molecular complexity index is 582. The third kappa shape index (κ3) is 2.53. The molecule has 0 saturated heterocycles. The Morgan fingerprint density at radius 3 is 2.22 bits per heavy atom. The molecule has 0 unspecified atom stereocenters. The summed E-state index contributed by atoms with van der Waals surface area (Å²) >= 11 is 1.78. The van der Waals surface area contributed by atoms with Crippen LogP contribution in [0.4, 0.5) is 30.2 Å². The van der Waals surface area contributed by atoms with E-state index in [1.54, 1.807) is 22.6 Å². The van der Waals surface area contributed by atoms with Gasteiger partial charge in [0.1, 0.15) is 23.1 Å². The molecule has 0 aromatic heterocycles. The first-order valence-corrected chi connectivity index (χ1v) is 6.02. The molecule has 3 N–H and O–H groups in total. The Hall–Kier alpha value is -1.44. The highest BCUT2D eigenvalue weighted by Gasteiger charge is 2.12. The lowest BCUT2D eigenvalue weighted by atomic mass is 10.2. The van der Waals surface area contributed by atoms with Crippen LogP contribution in [0.15, 0.2) is 30.3 Å². The van der Waals surface area contributed by atoms with E-state index in [4.69, 9.17) is 5.73 Å². The van der Waals surface area contributed by atoms with Gasteiger partial charge in [-0.1, -0.05) is 6.07 Å². The van der Waals surface area contributed by atoms with Gasteiger partial charge in [0.05, 0.1) is 14.9 Å². The summed E-state index contributed by atoms with van der Waals surface area (Å²) < 4.78 is 40.5. The van der Waals surface area contributed by atoms with E-state index in [1.165, 1.54) is 12.1 Å². The van der Waals surface area contributed by atoms with E-state index in [2.05, 4.69) is 5.32 Å². The summed E-state index contributed by atoms with van der Waals surface area (Å²) in [5.41, 5.74) is 5.64. The van der Waals surface area contributed by atoms with Gasteiger partial charge >= 0.3 is 0 Å². The zero-order valence-corrected chi connectivity index (χ0v) is 11.1. The first kappa shape index (κ1) is 13.0. The minimum absolute atomic E-state index is 0.122. The fourth-order valence-corrected chi connectivity index (χ4v) is 1.91. The number of benzene rings is 2. The van der Waals surface area contributed by atoms with Crippen molar-refractivity contribution in [3.8, 4) is 0 Å². The lowest BCUT2D eigenvalue weighted by Gasteiger charge is -2.11. The van der Waals surface area contributed by atoms with Gasteiger partial charge < -0.3 is 11.1 Å². The Balaban J connectivity index is 2.43. The predicted molar refractivity (Wildman–Crippen MR) is 73.2 cm³/mol. The number of para-hydroxylation sites is 1. The van der Waals surface area contributed by atoms with Crippen molar-refractivity contribution in [2.45, 2.75) is 0 Å². The number of halogens is 4. The number of hydrogen-bond donors (Lipinski definition) is 2. The highest BCUT2D eigenvalue weighted by molar-refractivity contribution is 14.1. The second-order valence-corrected chi connectivity index (χ2v) is 4.74. The van der Waals surface area contributed by atoms with E-state index >= 15 is 0 Å². The van der Waals surface area contributed by atoms with Crippen LogP contribution in [0, 0.1) is 21.0 Å². The molecule has 0 amide bonds. The standard InChI is InChI=1S/C12H8F3IN2/c13-6-2-1-3-7(14)12(6)18-11-4-8(15)9(16)5-10(11)17/h1-5,18H,17H2. The number of nitrogen functional groups attached to an aromatic ring is 1. The summed E-state index contributed by atoms with van der Waals surface area (Å²) in [5, 5.41) is 2.46. The molecule has 6 heteroatoms. The molecule has 0 spiro atoms. The molecule has 94 valence electrons. The normalized spacial score (nSPS) is 10.4. The zero-order chi connectivity index (χ0) is 13.3. The second kappa shape index (κ2) is 5.05. The van der Waals surface area contributed by atoms with Crippen LogP contribution in [0.3, 0.4) is 0 Å². The Labute approximate surface area is 115 Å². The van der Waals surface area contributed by atoms with Crippen LogP contribution in [0.1, 0.15) is 0 Å². The first-order valence-electron chi connectivity index (χ1n) is 4.94. The fourth-order valence-electron chi connectivity index (χ4n) is 1.42. The maximum absolute atomic E-state index is 13.4. The highest BCUT2D eigenvalue weighted by Crippen LogP contribution is 2.29. The summed E-state index contributed by atoms with van der Waals surface area (Å²) in [4.78, 5) is 0. The molecule has 0 aliphatic heterocycles. The van der Waals surface area contributed by atoms with Crippen molar-refractivity contribution in [2.24, 2.45) is 0 Å². The van der Waals surface area contributed by atoms with Gasteiger partial charge in [-0.15, -0.1) is 0 Å². The van der Waals surface area contributed by atoms with E-state index in [0.29, 0.717) is 3.57 Å². The average Bonchev–Trinajstić information content (AvgIpc) is 2.30. The number of rotatable bonds is 2. The molecule has 0 bridgehead atoms. The molecule has 2 nitrogen and oxygen atoms in total.